The van der Waals surface area contributed by atoms with Gasteiger partial charge in [0.1, 0.15) is 0 Å². The van der Waals surface area contributed by atoms with E-state index in [-0.39, 0.29) is 0 Å². The quantitative estimate of drug-likeness (QED) is 0.488. The second-order valence-electron chi connectivity index (χ2n) is 5.51. The SMILES string of the molecule is CC(C)CC(NN)c1cc2c(s1)CCCCC2. The molecule has 1 aromatic heterocycles. The van der Waals surface area contributed by atoms with Crippen LogP contribution in [0.5, 0.6) is 0 Å². The molecule has 0 spiro atoms. The van der Waals surface area contributed by atoms with Gasteiger partial charge in [0.2, 0.25) is 0 Å². The van der Waals surface area contributed by atoms with Crippen LogP contribution in [-0.4, -0.2) is 0 Å². The normalized spacial score (nSPS) is 17.9. The fraction of sp³-hybridized carbons (Fsp3) is 0.714. The van der Waals surface area contributed by atoms with E-state index in [4.69, 9.17) is 5.84 Å². The van der Waals surface area contributed by atoms with Crippen LogP contribution in [0.3, 0.4) is 0 Å². The van der Waals surface area contributed by atoms with Gasteiger partial charge < -0.3 is 0 Å². The summed E-state index contributed by atoms with van der Waals surface area (Å²) in [6.07, 6.45) is 7.77. The van der Waals surface area contributed by atoms with Gasteiger partial charge in [-0.1, -0.05) is 20.3 Å². The highest BCUT2D eigenvalue weighted by atomic mass is 32.1. The van der Waals surface area contributed by atoms with E-state index in [1.54, 1.807) is 10.4 Å². The lowest BCUT2D eigenvalue weighted by Crippen LogP contribution is -2.28. The zero-order chi connectivity index (χ0) is 12.3. The Balaban J connectivity index is 2.15. The van der Waals surface area contributed by atoms with Gasteiger partial charge in [-0.3, -0.25) is 11.3 Å². The Bertz CT molecular complexity index is 334. The summed E-state index contributed by atoms with van der Waals surface area (Å²) >= 11 is 1.98. The van der Waals surface area contributed by atoms with Crippen molar-refractivity contribution in [2.45, 2.75) is 58.4 Å². The van der Waals surface area contributed by atoms with Crippen molar-refractivity contribution in [2.75, 3.05) is 0 Å². The molecule has 0 radical (unpaired) electrons. The van der Waals surface area contributed by atoms with E-state index in [1.165, 1.54) is 37.0 Å². The van der Waals surface area contributed by atoms with Gasteiger partial charge in [0.15, 0.2) is 0 Å². The predicted octanol–water partition coefficient (Wildman–Crippen LogP) is 3.57. The first-order valence-electron chi connectivity index (χ1n) is 6.78. The summed E-state index contributed by atoms with van der Waals surface area (Å²) in [5.74, 6) is 6.38. The minimum Gasteiger partial charge on any atom is -0.271 e. The highest BCUT2D eigenvalue weighted by Crippen LogP contribution is 2.34. The molecule has 1 aromatic rings. The molecule has 1 heterocycles. The van der Waals surface area contributed by atoms with Gasteiger partial charge in [0.05, 0.1) is 6.04 Å². The number of hydrogen-bond acceptors (Lipinski definition) is 3. The first-order chi connectivity index (χ1) is 8.20. The largest absolute Gasteiger partial charge is 0.271 e. The highest BCUT2D eigenvalue weighted by Gasteiger charge is 2.18. The van der Waals surface area contributed by atoms with Crippen LogP contribution < -0.4 is 11.3 Å². The van der Waals surface area contributed by atoms with E-state index in [9.17, 15) is 0 Å². The molecule has 1 aliphatic rings. The zero-order valence-corrected chi connectivity index (χ0v) is 11.8. The van der Waals surface area contributed by atoms with Gasteiger partial charge in [-0.15, -0.1) is 11.3 Å². The molecule has 0 amide bonds. The number of fused-ring (bicyclic) bond motifs is 1. The summed E-state index contributed by atoms with van der Waals surface area (Å²) in [7, 11) is 0. The van der Waals surface area contributed by atoms with Crippen LogP contribution in [0.15, 0.2) is 6.07 Å². The summed E-state index contributed by atoms with van der Waals surface area (Å²) < 4.78 is 0. The van der Waals surface area contributed by atoms with Crippen molar-refractivity contribution >= 4 is 11.3 Å². The summed E-state index contributed by atoms with van der Waals surface area (Å²) in [6, 6.07) is 2.74. The standard InChI is InChI=1S/C14H24N2S/c1-10(2)8-12(16-15)14-9-11-6-4-3-5-7-13(11)17-14/h9-10,12,16H,3-8,15H2,1-2H3. The summed E-state index contributed by atoms with van der Waals surface area (Å²) in [5, 5.41) is 0. The van der Waals surface area contributed by atoms with Crippen LogP contribution >= 0.6 is 11.3 Å². The Morgan fingerprint density at radius 3 is 2.76 bits per heavy atom. The molecule has 2 nitrogen and oxygen atoms in total. The maximum Gasteiger partial charge on any atom is 0.0555 e. The summed E-state index contributed by atoms with van der Waals surface area (Å²) in [4.78, 5) is 3.05. The van der Waals surface area contributed by atoms with Gasteiger partial charge in [0.25, 0.3) is 0 Å². The number of hydrogen-bond donors (Lipinski definition) is 2. The van der Waals surface area contributed by atoms with Crippen LogP contribution in [0, 0.1) is 5.92 Å². The average Bonchev–Trinajstić information content (AvgIpc) is 2.57. The van der Waals surface area contributed by atoms with Crippen molar-refractivity contribution in [3.8, 4) is 0 Å². The van der Waals surface area contributed by atoms with Gasteiger partial charge in [-0.2, -0.15) is 0 Å². The molecule has 0 saturated heterocycles. The first-order valence-corrected chi connectivity index (χ1v) is 7.60. The molecule has 0 bridgehead atoms. The average molecular weight is 252 g/mol. The fourth-order valence-electron chi connectivity index (χ4n) is 2.60. The number of aryl methyl sites for hydroxylation is 2. The molecule has 0 saturated carbocycles. The van der Waals surface area contributed by atoms with Crippen molar-refractivity contribution in [3.63, 3.8) is 0 Å². The van der Waals surface area contributed by atoms with E-state index in [2.05, 4.69) is 25.3 Å². The molecule has 0 aliphatic heterocycles. The van der Waals surface area contributed by atoms with E-state index in [1.807, 2.05) is 11.3 Å². The Labute approximate surface area is 109 Å². The van der Waals surface area contributed by atoms with E-state index >= 15 is 0 Å². The molecular weight excluding hydrogens is 228 g/mol. The molecule has 1 unspecified atom stereocenters. The van der Waals surface area contributed by atoms with Gasteiger partial charge >= 0.3 is 0 Å². The lowest BCUT2D eigenvalue weighted by Gasteiger charge is -2.16. The Kier molecular flexibility index (Phi) is 4.60. The summed E-state index contributed by atoms with van der Waals surface area (Å²) in [5.41, 5.74) is 4.57. The van der Waals surface area contributed by atoms with Crippen LogP contribution in [0.1, 0.15) is 60.9 Å². The molecule has 1 aliphatic carbocycles. The molecule has 1 atom stereocenters. The van der Waals surface area contributed by atoms with Crippen LogP contribution in [0.4, 0.5) is 0 Å². The number of thiophene rings is 1. The Hall–Kier alpha value is -0.380. The van der Waals surface area contributed by atoms with Crippen molar-refractivity contribution in [1.82, 2.24) is 5.43 Å². The van der Waals surface area contributed by atoms with E-state index in [0.29, 0.717) is 12.0 Å². The van der Waals surface area contributed by atoms with Gasteiger partial charge in [0, 0.05) is 9.75 Å². The molecule has 0 fully saturated rings. The van der Waals surface area contributed by atoms with Gasteiger partial charge in [-0.25, -0.2) is 0 Å². The predicted molar refractivity (Wildman–Crippen MR) is 75.1 cm³/mol. The van der Waals surface area contributed by atoms with Crippen LogP contribution in [-0.2, 0) is 12.8 Å². The second-order valence-corrected chi connectivity index (χ2v) is 6.67. The van der Waals surface area contributed by atoms with Crippen molar-refractivity contribution < 1.29 is 0 Å². The summed E-state index contributed by atoms with van der Waals surface area (Å²) in [6.45, 7) is 4.51. The topological polar surface area (TPSA) is 38.0 Å². The van der Waals surface area contributed by atoms with Gasteiger partial charge in [-0.05, 0) is 49.7 Å². The lowest BCUT2D eigenvalue weighted by atomic mass is 10.0. The lowest BCUT2D eigenvalue weighted by molar-refractivity contribution is 0.443. The number of rotatable bonds is 4. The number of nitrogens with two attached hydrogens (primary N) is 1. The third-order valence-electron chi connectivity index (χ3n) is 3.52. The molecule has 2 rings (SSSR count). The number of hydrazine groups is 1. The molecular formula is C14H24N2S. The maximum atomic E-state index is 5.70. The zero-order valence-electron chi connectivity index (χ0n) is 11.0. The van der Waals surface area contributed by atoms with Crippen molar-refractivity contribution in [2.24, 2.45) is 11.8 Å². The molecule has 0 aromatic carbocycles. The Morgan fingerprint density at radius 2 is 2.06 bits per heavy atom. The minimum atomic E-state index is 0.340. The monoisotopic (exact) mass is 252 g/mol. The van der Waals surface area contributed by atoms with Crippen LogP contribution in [0.25, 0.3) is 0 Å². The second kappa shape index (κ2) is 5.98. The third kappa shape index (κ3) is 3.30. The first kappa shape index (κ1) is 13.1. The van der Waals surface area contributed by atoms with E-state index < -0.39 is 0 Å². The maximum absolute atomic E-state index is 5.70. The molecule has 3 heteroatoms. The minimum absolute atomic E-state index is 0.340. The van der Waals surface area contributed by atoms with Crippen molar-refractivity contribution in [1.29, 1.82) is 0 Å². The molecule has 17 heavy (non-hydrogen) atoms. The third-order valence-corrected chi connectivity index (χ3v) is 4.87. The van der Waals surface area contributed by atoms with Crippen molar-refractivity contribution in [3.05, 3.63) is 21.4 Å². The number of nitrogens with one attached hydrogen (secondary N) is 1. The highest BCUT2D eigenvalue weighted by molar-refractivity contribution is 7.12. The Morgan fingerprint density at radius 1 is 1.29 bits per heavy atom. The molecule has 3 N–H and O–H groups in total. The van der Waals surface area contributed by atoms with E-state index in [0.717, 1.165) is 6.42 Å². The smallest absolute Gasteiger partial charge is 0.0555 e. The van der Waals surface area contributed by atoms with Crippen LogP contribution in [0.2, 0.25) is 0 Å². The molecule has 96 valence electrons. The fourth-order valence-corrected chi connectivity index (χ4v) is 3.93.